The summed E-state index contributed by atoms with van der Waals surface area (Å²) in [6.07, 6.45) is 5.94. The number of aryl methyl sites for hydroxylation is 2. The van der Waals surface area contributed by atoms with Gasteiger partial charge in [0.05, 0.1) is 0 Å². The molecule has 4 rings (SSSR count). The number of nitrogens with zero attached hydrogens (tertiary/aromatic N) is 2. The number of halogens is 1. The van der Waals surface area contributed by atoms with Gasteiger partial charge in [-0.25, -0.2) is 9.37 Å². The van der Waals surface area contributed by atoms with Gasteiger partial charge in [-0.05, 0) is 74.6 Å². The van der Waals surface area contributed by atoms with Crippen LogP contribution in [0.15, 0.2) is 66.9 Å². The van der Waals surface area contributed by atoms with Crippen LogP contribution in [0.1, 0.15) is 67.7 Å². The second kappa shape index (κ2) is 13.1. The van der Waals surface area contributed by atoms with Crippen LogP contribution in [-0.2, 0) is 14.4 Å². The average Bonchev–Trinajstić information content (AvgIpc) is 3.42. The van der Waals surface area contributed by atoms with Crippen LogP contribution in [0.4, 0.5) is 15.9 Å². The zero-order chi connectivity index (χ0) is 27.8. The highest BCUT2D eigenvalue weighted by Crippen LogP contribution is 2.33. The van der Waals surface area contributed by atoms with Crippen molar-refractivity contribution in [3.8, 4) is 0 Å². The largest absolute Gasteiger partial charge is 0.351 e. The summed E-state index contributed by atoms with van der Waals surface area (Å²) in [5, 5.41) is 5.86. The second-order valence-electron chi connectivity index (χ2n) is 10.1. The molecule has 1 aromatic heterocycles. The van der Waals surface area contributed by atoms with Crippen LogP contribution in [0.5, 0.6) is 0 Å². The van der Waals surface area contributed by atoms with Crippen LogP contribution in [0.3, 0.4) is 0 Å². The van der Waals surface area contributed by atoms with Crippen molar-refractivity contribution >= 4 is 29.2 Å². The minimum atomic E-state index is -0.984. The number of rotatable bonds is 10. The third-order valence-electron chi connectivity index (χ3n) is 7.00. The summed E-state index contributed by atoms with van der Waals surface area (Å²) in [4.78, 5) is 45.7. The molecule has 2 aromatic carbocycles. The number of nitrogens with one attached hydrogen (secondary N) is 2. The molecule has 0 saturated heterocycles. The lowest BCUT2D eigenvalue weighted by atomic mass is 9.99. The van der Waals surface area contributed by atoms with Crippen molar-refractivity contribution in [3.05, 3.63) is 89.4 Å². The standard InChI is InChI=1S/C31H35FN4O3/c1-21-13-18-26(22(2)20-21)36(29(38)12-7-11-28(37)35-27-10-5-6-19-33-27)30(23-14-16-24(32)17-15-23)31(39)34-25-8-3-4-9-25/h5-6,10,13-20,25,30H,3-4,7-9,11-12H2,1-2H3,(H,34,39)(H,33,35,37)/t30-/m1/s1. The monoisotopic (exact) mass is 530 g/mol. The van der Waals surface area contributed by atoms with E-state index in [2.05, 4.69) is 15.6 Å². The lowest BCUT2D eigenvalue weighted by Gasteiger charge is -2.33. The van der Waals surface area contributed by atoms with E-state index in [0.29, 0.717) is 23.5 Å². The Bertz CT molecular complexity index is 1290. The van der Waals surface area contributed by atoms with E-state index in [1.807, 2.05) is 32.0 Å². The van der Waals surface area contributed by atoms with Gasteiger partial charge in [-0.3, -0.25) is 19.3 Å². The Morgan fingerprint density at radius 2 is 1.74 bits per heavy atom. The predicted octanol–water partition coefficient (Wildman–Crippen LogP) is 5.78. The Kier molecular flexibility index (Phi) is 9.41. The summed E-state index contributed by atoms with van der Waals surface area (Å²) in [7, 11) is 0. The zero-order valence-corrected chi connectivity index (χ0v) is 22.5. The molecule has 3 amide bonds. The molecular formula is C31H35FN4O3. The van der Waals surface area contributed by atoms with Crippen molar-refractivity contribution in [3.63, 3.8) is 0 Å². The number of hydrogen-bond acceptors (Lipinski definition) is 4. The molecule has 1 atom stereocenters. The van der Waals surface area contributed by atoms with Gasteiger partial charge in [0.1, 0.15) is 17.7 Å². The number of benzene rings is 2. The van der Waals surface area contributed by atoms with E-state index < -0.39 is 11.9 Å². The van der Waals surface area contributed by atoms with E-state index in [-0.39, 0.29) is 36.6 Å². The quantitative estimate of drug-likeness (QED) is 0.348. The van der Waals surface area contributed by atoms with Gasteiger partial charge in [0.25, 0.3) is 0 Å². The number of carbonyl (C=O) groups is 3. The first kappa shape index (κ1) is 28.0. The normalized spacial score (nSPS) is 14.0. The van der Waals surface area contributed by atoms with Crippen LogP contribution >= 0.6 is 0 Å². The highest BCUT2D eigenvalue weighted by molar-refractivity contribution is 6.02. The summed E-state index contributed by atoms with van der Waals surface area (Å²) in [6, 6.07) is 15.7. The van der Waals surface area contributed by atoms with E-state index in [9.17, 15) is 18.8 Å². The highest BCUT2D eigenvalue weighted by atomic mass is 19.1. The molecule has 8 heteroatoms. The first-order chi connectivity index (χ1) is 18.8. The number of aromatic nitrogens is 1. The molecule has 1 fully saturated rings. The molecule has 2 N–H and O–H groups in total. The fourth-order valence-electron chi connectivity index (χ4n) is 5.07. The molecule has 7 nitrogen and oxygen atoms in total. The maximum atomic E-state index is 13.9. The highest BCUT2D eigenvalue weighted by Gasteiger charge is 2.34. The summed E-state index contributed by atoms with van der Waals surface area (Å²) in [6.45, 7) is 3.87. The second-order valence-corrected chi connectivity index (χ2v) is 10.1. The zero-order valence-electron chi connectivity index (χ0n) is 22.5. The number of anilines is 2. The van der Waals surface area contributed by atoms with E-state index in [1.54, 1.807) is 36.5 Å². The van der Waals surface area contributed by atoms with Gasteiger partial charge in [0.2, 0.25) is 17.7 Å². The smallest absolute Gasteiger partial charge is 0.248 e. The molecule has 1 heterocycles. The summed E-state index contributed by atoms with van der Waals surface area (Å²) < 4.78 is 13.8. The first-order valence-corrected chi connectivity index (χ1v) is 13.5. The average molecular weight is 531 g/mol. The van der Waals surface area contributed by atoms with Crippen molar-refractivity contribution in [1.29, 1.82) is 0 Å². The van der Waals surface area contributed by atoms with Crippen LogP contribution < -0.4 is 15.5 Å². The molecule has 0 bridgehead atoms. The minimum Gasteiger partial charge on any atom is -0.351 e. The van der Waals surface area contributed by atoms with Gasteiger partial charge < -0.3 is 10.6 Å². The van der Waals surface area contributed by atoms with Crippen molar-refractivity contribution in [2.45, 2.75) is 70.9 Å². The number of hydrogen-bond donors (Lipinski definition) is 2. The van der Waals surface area contributed by atoms with E-state index in [1.165, 1.54) is 17.0 Å². The third-order valence-corrected chi connectivity index (χ3v) is 7.00. The summed E-state index contributed by atoms with van der Waals surface area (Å²) in [5.74, 6) is -0.797. The molecule has 1 aliphatic carbocycles. The Morgan fingerprint density at radius 1 is 1.00 bits per heavy atom. The van der Waals surface area contributed by atoms with Gasteiger partial charge >= 0.3 is 0 Å². The first-order valence-electron chi connectivity index (χ1n) is 13.5. The lowest BCUT2D eigenvalue weighted by molar-refractivity contribution is -0.127. The lowest BCUT2D eigenvalue weighted by Crippen LogP contribution is -2.46. The van der Waals surface area contributed by atoms with Crippen LogP contribution in [-0.4, -0.2) is 28.7 Å². The topological polar surface area (TPSA) is 91.4 Å². The van der Waals surface area contributed by atoms with E-state index in [4.69, 9.17) is 0 Å². The molecule has 0 aliphatic heterocycles. The van der Waals surface area contributed by atoms with E-state index >= 15 is 0 Å². The molecule has 0 unspecified atom stereocenters. The Labute approximate surface area is 228 Å². The molecule has 39 heavy (non-hydrogen) atoms. The van der Waals surface area contributed by atoms with Gasteiger partial charge in [0, 0.05) is 30.8 Å². The minimum absolute atomic E-state index is 0.0480. The molecule has 1 aliphatic rings. The maximum absolute atomic E-state index is 13.9. The van der Waals surface area contributed by atoms with Gasteiger partial charge in [0.15, 0.2) is 0 Å². The van der Waals surface area contributed by atoms with Crippen molar-refractivity contribution in [1.82, 2.24) is 10.3 Å². The van der Waals surface area contributed by atoms with Crippen LogP contribution in [0, 0.1) is 19.7 Å². The van der Waals surface area contributed by atoms with Crippen molar-refractivity contribution in [2.75, 3.05) is 10.2 Å². The number of carbonyl (C=O) groups excluding carboxylic acids is 3. The van der Waals surface area contributed by atoms with Crippen molar-refractivity contribution in [2.24, 2.45) is 0 Å². The molecule has 0 spiro atoms. The Balaban J connectivity index is 1.60. The Morgan fingerprint density at radius 3 is 2.41 bits per heavy atom. The predicted molar refractivity (Wildman–Crippen MR) is 150 cm³/mol. The fraction of sp³-hybridized carbons (Fsp3) is 0.355. The van der Waals surface area contributed by atoms with Crippen LogP contribution in [0.25, 0.3) is 0 Å². The molecule has 0 radical (unpaired) electrons. The SMILES string of the molecule is Cc1ccc(N(C(=O)CCCC(=O)Nc2ccccn2)[C@@H](C(=O)NC2CCCC2)c2ccc(F)cc2)c(C)c1. The fourth-order valence-corrected chi connectivity index (χ4v) is 5.07. The van der Waals surface area contributed by atoms with E-state index in [0.717, 1.165) is 36.8 Å². The van der Waals surface area contributed by atoms with Gasteiger partial charge in [-0.1, -0.05) is 48.7 Å². The maximum Gasteiger partial charge on any atom is 0.248 e. The Hall–Kier alpha value is -4.07. The molecule has 3 aromatic rings. The molecule has 204 valence electrons. The third kappa shape index (κ3) is 7.50. The summed E-state index contributed by atoms with van der Waals surface area (Å²) in [5.41, 5.74) is 3.01. The number of pyridine rings is 1. The molecular weight excluding hydrogens is 495 g/mol. The van der Waals surface area contributed by atoms with Crippen LogP contribution in [0.2, 0.25) is 0 Å². The van der Waals surface area contributed by atoms with Crippen molar-refractivity contribution < 1.29 is 18.8 Å². The number of amides is 3. The summed E-state index contributed by atoms with van der Waals surface area (Å²) >= 11 is 0. The van der Waals surface area contributed by atoms with Gasteiger partial charge in [-0.2, -0.15) is 0 Å². The molecule has 1 saturated carbocycles. The van der Waals surface area contributed by atoms with Gasteiger partial charge in [-0.15, -0.1) is 0 Å².